The minimum absolute atomic E-state index is 0.0625. The van der Waals surface area contributed by atoms with E-state index in [-0.39, 0.29) is 5.69 Å². The molecule has 84 valence electrons. The van der Waals surface area contributed by atoms with E-state index in [1.165, 1.54) is 6.20 Å². The molecule has 0 aliphatic rings. The van der Waals surface area contributed by atoms with Crippen LogP contribution in [0.25, 0.3) is 16.8 Å². The van der Waals surface area contributed by atoms with Gasteiger partial charge in [-0.2, -0.15) is 11.3 Å². The Hall–Kier alpha value is -2.14. The lowest BCUT2D eigenvalue weighted by Gasteiger charge is -1.98. The van der Waals surface area contributed by atoms with E-state index in [0.717, 1.165) is 11.1 Å². The topological polar surface area (TPSA) is 54.6 Å². The molecule has 3 aromatic heterocycles. The molecule has 0 bridgehead atoms. The second kappa shape index (κ2) is 3.71. The van der Waals surface area contributed by atoms with Gasteiger partial charge in [-0.05, 0) is 40.1 Å². The number of fused-ring (bicyclic) bond motifs is 1. The summed E-state index contributed by atoms with van der Waals surface area (Å²) in [7, 11) is 0. The lowest BCUT2D eigenvalue weighted by molar-refractivity contribution is 0.0691. The number of thiophene rings is 1. The zero-order valence-corrected chi connectivity index (χ0v) is 9.52. The number of pyridine rings is 1. The molecule has 5 heteroatoms. The van der Waals surface area contributed by atoms with Crippen molar-refractivity contribution in [1.29, 1.82) is 0 Å². The summed E-state index contributed by atoms with van der Waals surface area (Å²) in [4.78, 5) is 14.8. The number of rotatable bonds is 2. The molecule has 0 fully saturated rings. The molecule has 0 aliphatic carbocycles. The number of hydrogen-bond donors (Lipinski definition) is 1. The normalized spacial score (nSPS) is 10.8. The molecule has 0 aromatic carbocycles. The fraction of sp³-hybridized carbons (Fsp3) is 0. The number of imidazole rings is 1. The van der Waals surface area contributed by atoms with Crippen LogP contribution in [-0.2, 0) is 0 Å². The van der Waals surface area contributed by atoms with E-state index in [9.17, 15) is 4.79 Å². The number of hydrogen-bond acceptors (Lipinski definition) is 3. The van der Waals surface area contributed by atoms with Gasteiger partial charge in [0.15, 0.2) is 5.69 Å². The quantitative estimate of drug-likeness (QED) is 0.754. The highest BCUT2D eigenvalue weighted by molar-refractivity contribution is 7.08. The molecular formula is C12H8N2O2S. The van der Waals surface area contributed by atoms with Crippen LogP contribution in [0.5, 0.6) is 0 Å². The Morgan fingerprint density at radius 2 is 2.12 bits per heavy atom. The van der Waals surface area contributed by atoms with E-state index in [4.69, 9.17) is 5.11 Å². The van der Waals surface area contributed by atoms with Gasteiger partial charge >= 0.3 is 5.97 Å². The Morgan fingerprint density at radius 1 is 1.24 bits per heavy atom. The first-order valence-electron chi connectivity index (χ1n) is 4.99. The summed E-state index contributed by atoms with van der Waals surface area (Å²) in [5.74, 6) is -1.01. The highest BCUT2D eigenvalue weighted by Gasteiger charge is 2.09. The van der Waals surface area contributed by atoms with E-state index in [0.29, 0.717) is 5.65 Å². The number of carboxylic acid groups (broad SMARTS) is 1. The molecule has 0 atom stereocenters. The Kier molecular flexibility index (Phi) is 2.19. The molecule has 0 spiro atoms. The molecular weight excluding hydrogens is 236 g/mol. The molecule has 1 N–H and O–H groups in total. The molecule has 0 unspecified atom stereocenters. The van der Waals surface area contributed by atoms with Crippen molar-refractivity contribution in [3.63, 3.8) is 0 Å². The average Bonchev–Trinajstić information content (AvgIpc) is 2.97. The van der Waals surface area contributed by atoms with E-state index in [1.807, 2.05) is 29.8 Å². The van der Waals surface area contributed by atoms with Gasteiger partial charge in [0, 0.05) is 12.4 Å². The second-order valence-electron chi connectivity index (χ2n) is 3.63. The summed E-state index contributed by atoms with van der Waals surface area (Å²) in [6, 6.07) is 5.79. The SMILES string of the molecule is O=C(O)c1cn2cc(-c3ccsc3)ccc2n1. The number of aromatic carboxylic acids is 1. The van der Waals surface area contributed by atoms with Gasteiger partial charge in [0.2, 0.25) is 0 Å². The van der Waals surface area contributed by atoms with Gasteiger partial charge in [-0.15, -0.1) is 0 Å². The van der Waals surface area contributed by atoms with Gasteiger partial charge in [0.05, 0.1) is 0 Å². The van der Waals surface area contributed by atoms with E-state index < -0.39 is 5.97 Å². The van der Waals surface area contributed by atoms with Crippen LogP contribution >= 0.6 is 11.3 Å². The molecule has 3 aromatic rings. The van der Waals surface area contributed by atoms with Crippen molar-refractivity contribution in [3.05, 3.63) is 47.0 Å². The van der Waals surface area contributed by atoms with E-state index >= 15 is 0 Å². The third-order valence-corrected chi connectivity index (χ3v) is 3.21. The lowest BCUT2D eigenvalue weighted by atomic mass is 10.1. The van der Waals surface area contributed by atoms with Crippen LogP contribution in [0.4, 0.5) is 0 Å². The third-order valence-electron chi connectivity index (χ3n) is 2.52. The zero-order chi connectivity index (χ0) is 11.8. The maximum Gasteiger partial charge on any atom is 0.356 e. The van der Waals surface area contributed by atoms with Gasteiger partial charge < -0.3 is 9.51 Å². The molecule has 0 amide bonds. The van der Waals surface area contributed by atoms with Gasteiger partial charge in [-0.3, -0.25) is 0 Å². The maximum atomic E-state index is 10.8. The summed E-state index contributed by atoms with van der Waals surface area (Å²) in [5, 5.41) is 12.9. The molecule has 0 aliphatic heterocycles. The van der Waals surface area contributed by atoms with Crippen molar-refractivity contribution in [2.45, 2.75) is 0 Å². The van der Waals surface area contributed by atoms with Gasteiger partial charge in [-0.1, -0.05) is 0 Å². The second-order valence-corrected chi connectivity index (χ2v) is 4.41. The Balaban J connectivity index is 2.16. The first-order valence-corrected chi connectivity index (χ1v) is 5.93. The van der Waals surface area contributed by atoms with Gasteiger partial charge in [-0.25, -0.2) is 9.78 Å². The van der Waals surface area contributed by atoms with Crippen LogP contribution in [0.2, 0.25) is 0 Å². The molecule has 4 nitrogen and oxygen atoms in total. The van der Waals surface area contributed by atoms with Crippen LogP contribution in [0, 0.1) is 0 Å². The van der Waals surface area contributed by atoms with Crippen LogP contribution in [0.1, 0.15) is 10.5 Å². The molecule has 3 heterocycles. The van der Waals surface area contributed by atoms with Gasteiger partial charge in [0.1, 0.15) is 5.65 Å². The Labute approximate surface area is 101 Å². The minimum atomic E-state index is -1.01. The van der Waals surface area contributed by atoms with Crippen molar-refractivity contribution in [2.24, 2.45) is 0 Å². The average molecular weight is 244 g/mol. The van der Waals surface area contributed by atoms with Crippen LogP contribution < -0.4 is 0 Å². The third kappa shape index (κ3) is 1.70. The minimum Gasteiger partial charge on any atom is -0.476 e. The van der Waals surface area contributed by atoms with E-state index in [2.05, 4.69) is 10.4 Å². The summed E-state index contributed by atoms with van der Waals surface area (Å²) in [5.41, 5.74) is 2.88. The number of aromatic nitrogens is 2. The monoisotopic (exact) mass is 244 g/mol. The van der Waals surface area contributed by atoms with Crippen LogP contribution in [-0.4, -0.2) is 20.5 Å². The molecule has 0 saturated carbocycles. The highest BCUT2D eigenvalue weighted by Crippen LogP contribution is 2.22. The van der Waals surface area contributed by atoms with Crippen molar-refractivity contribution >= 4 is 23.0 Å². The molecule has 0 saturated heterocycles. The van der Waals surface area contributed by atoms with E-state index in [1.54, 1.807) is 15.7 Å². The largest absolute Gasteiger partial charge is 0.476 e. The van der Waals surface area contributed by atoms with Crippen molar-refractivity contribution < 1.29 is 9.90 Å². The van der Waals surface area contributed by atoms with Gasteiger partial charge in [0.25, 0.3) is 0 Å². The van der Waals surface area contributed by atoms with Crippen molar-refractivity contribution in [2.75, 3.05) is 0 Å². The Bertz CT molecular complexity index is 686. The number of carbonyl (C=O) groups is 1. The standard InChI is InChI=1S/C12H8N2O2S/c15-12(16)10-6-14-5-8(1-2-11(14)13-10)9-3-4-17-7-9/h1-7H,(H,15,16). The molecule has 17 heavy (non-hydrogen) atoms. The summed E-state index contributed by atoms with van der Waals surface area (Å²) < 4.78 is 1.73. The summed E-state index contributed by atoms with van der Waals surface area (Å²) >= 11 is 1.63. The smallest absolute Gasteiger partial charge is 0.356 e. The van der Waals surface area contributed by atoms with Crippen molar-refractivity contribution in [3.8, 4) is 11.1 Å². The van der Waals surface area contributed by atoms with Crippen LogP contribution in [0.3, 0.4) is 0 Å². The molecule has 3 rings (SSSR count). The predicted molar refractivity (Wildman–Crippen MR) is 65.5 cm³/mol. The fourth-order valence-electron chi connectivity index (χ4n) is 1.69. The number of nitrogens with zero attached hydrogens (tertiary/aromatic N) is 2. The fourth-order valence-corrected chi connectivity index (χ4v) is 2.36. The summed E-state index contributed by atoms with van der Waals surface area (Å²) in [6.45, 7) is 0. The molecule has 0 radical (unpaired) electrons. The zero-order valence-electron chi connectivity index (χ0n) is 8.70. The van der Waals surface area contributed by atoms with Crippen LogP contribution in [0.15, 0.2) is 41.4 Å². The lowest BCUT2D eigenvalue weighted by Crippen LogP contribution is -1.94. The first kappa shape index (κ1) is 10.0. The predicted octanol–water partition coefficient (Wildman–Crippen LogP) is 2.76. The van der Waals surface area contributed by atoms with Crippen molar-refractivity contribution in [1.82, 2.24) is 9.38 Å². The number of carboxylic acids is 1. The first-order chi connectivity index (χ1) is 8.24. The highest BCUT2D eigenvalue weighted by atomic mass is 32.1. The maximum absolute atomic E-state index is 10.8. The Morgan fingerprint density at radius 3 is 2.82 bits per heavy atom. The summed E-state index contributed by atoms with van der Waals surface area (Å²) in [6.07, 6.45) is 3.41.